The molecule has 184 valence electrons. The standard InChI is InChI=1S/C38H32/c1-24(2)34-23-28-16-10-18-30(27-12-5-4-6-13-27)37(28)38(34)36-25(3)22-35-32(20-11-21-33(35)36)31-19-9-15-26-14-7-8-17-29(26)31/h4-22,24,36H,23H2,1-3H3. The summed E-state index contributed by atoms with van der Waals surface area (Å²) >= 11 is 0. The molecule has 0 heterocycles. The average molecular weight is 489 g/mol. The Hall–Kier alpha value is -4.16. The second-order valence-corrected chi connectivity index (χ2v) is 11.1. The van der Waals surface area contributed by atoms with Gasteiger partial charge >= 0.3 is 0 Å². The molecule has 0 amide bonds. The summed E-state index contributed by atoms with van der Waals surface area (Å²) in [6, 6.07) is 40.2. The van der Waals surface area contributed by atoms with E-state index in [1.54, 1.807) is 5.57 Å². The van der Waals surface area contributed by atoms with E-state index in [9.17, 15) is 0 Å². The molecule has 2 aliphatic carbocycles. The third-order valence-corrected chi connectivity index (χ3v) is 8.58. The summed E-state index contributed by atoms with van der Waals surface area (Å²) in [6.45, 7) is 7.07. The molecule has 0 saturated carbocycles. The molecule has 1 atom stereocenters. The number of hydrogen-bond acceptors (Lipinski definition) is 0. The van der Waals surface area contributed by atoms with E-state index in [4.69, 9.17) is 0 Å². The minimum absolute atomic E-state index is 0.281. The topological polar surface area (TPSA) is 0 Å². The van der Waals surface area contributed by atoms with E-state index in [-0.39, 0.29) is 5.92 Å². The van der Waals surface area contributed by atoms with Gasteiger partial charge in [-0.25, -0.2) is 0 Å². The third-order valence-electron chi connectivity index (χ3n) is 8.58. The molecule has 0 bridgehead atoms. The quantitative estimate of drug-likeness (QED) is 0.236. The fourth-order valence-electron chi connectivity index (χ4n) is 6.86. The van der Waals surface area contributed by atoms with Crippen LogP contribution in [0.5, 0.6) is 0 Å². The first-order valence-corrected chi connectivity index (χ1v) is 13.8. The van der Waals surface area contributed by atoms with Gasteiger partial charge in [-0.1, -0.05) is 140 Å². The van der Waals surface area contributed by atoms with Crippen LogP contribution in [0.3, 0.4) is 0 Å². The zero-order valence-corrected chi connectivity index (χ0v) is 22.3. The lowest BCUT2D eigenvalue weighted by Crippen LogP contribution is -2.05. The van der Waals surface area contributed by atoms with Gasteiger partial charge in [0, 0.05) is 5.92 Å². The highest BCUT2D eigenvalue weighted by molar-refractivity contribution is 6.01. The van der Waals surface area contributed by atoms with Gasteiger partial charge in [0.25, 0.3) is 0 Å². The van der Waals surface area contributed by atoms with Crippen molar-refractivity contribution in [2.75, 3.05) is 0 Å². The van der Waals surface area contributed by atoms with Gasteiger partial charge in [-0.15, -0.1) is 0 Å². The second-order valence-electron chi connectivity index (χ2n) is 11.1. The summed E-state index contributed by atoms with van der Waals surface area (Å²) < 4.78 is 0. The average Bonchev–Trinajstić information content (AvgIpc) is 3.50. The lowest BCUT2D eigenvalue weighted by molar-refractivity contribution is 0.746. The van der Waals surface area contributed by atoms with Crippen molar-refractivity contribution >= 4 is 22.4 Å². The molecule has 38 heavy (non-hydrogen) atoms. The van der Waals surface area contributed by atoms with Gasteiger partial charge in [0.05, 0.1) is 0 Å². The highest BCUT2D eigenvalue weighted by Gasteiger charge is 2.36. The highest BCUT2D eigenvalue weighted by atomic mass is 14.4. The minimum atomic E-state index is 0.281. The summed E-state index contributed by atoms with van der Waals surface area (Å²) in [5.74, 6) is 0.780. The van der Waals surface area contributed by atoms with Crippen LogP contribution in [-0.2, 0) is 6.42 Å². The van der Waals surface area contributed by atoms with Gasteiger partial charge in [0.15, 0.2) is 0 Å². The Morgan fingerprint density at radius 2 is 1.34 bits per heavy atom. The Bertz CT molecular complexity index is 1760. The first-order valence-electron chi connectivity index (χ1n) is 13.8. The molecule has 5 aromatic carbocycles. The molecule has 0 N–H and O–H groups in total. The van der Waals surface area contributed by atoms with Crippen LogP contribution in [0.15, 0.2) is 120 Å². The molecule has 0 spiro atoms. The third kappa shape index (κ3) is 3.51. The maximum absolute atomic E-state index is 2.46. The van der Waals surface area contributed by atoms with Crippen LogP contribution >= 0.6 is 0 Å². The number of hydrogen-bond donors (Lipinski definition) is 0. The van der Waals surface area contributed by atoms with E-state index in [1.807, 2.05) is 0 Å². The smallest absolute Gasteiger partial charge is 0.0311 e. The van der Waals surface area contributed by atoms with E-state index >= 15 is 0 Å². The maximum Gasteiger partial charge on any atom is 0.0311 e. The van der Waals surface area contributed by atoms with Crippen LogP contribution < -0.4 is 0 Å². The largest absolute Gasteiger partial charge is 0.0622 e. The van der Waals surface area contributed by atoms with Crippen molar-refractivity contribution < 1.29 is 0 Å². The Morgan fingerprint density at radius 3 is 2.18 bits per heavy atom. The van der Waals surface area contributed by atoms with E-state index in [0.29, 0.717) is 5.92 Å². The normalized spacial score (nSPS) is 16.2. The van der Waals surface area contributed by atoms with Crippen LogP contribution in [0.4, 0.5) is 0 Å². The van der Waals surface area contributed by atoms with Crippen molar-refractivity contribution in [3.8, 4) is 22.3 Å². The van der Waals surface area contributed by atoms with Gasteiger partial charge in [-0.2, -0.15) is 0 Å². The zero-order chi connectivity index (χ0) is 25.8. The summed E-state index contributed by atoms with van der Waals surface area (Å²) in [5, 5.41) is 2.61. The highest BCUT2D eigenvalue weighted by Crippen LogP contribution is 2.54. The number of fused-ring (bicyclic) bond motifs is 3. The molecular formula is C38H32. The van der Waals surface area contributed by atoms with Crippen molar-refractivity contribution in [3.05, 3.63) is 143 Å². The summed E-state index contributed by atoms with van der Waals surface area (Å²) in [6.07, 6.45) is 3.51. The molecule has 0 nitrogen and oxygen atoms in total. The molecular weight excluding hydrogens is 456 g/mol. The molecule has 5 aromatic rings. The molecule has 2 aliphatic rings. The molecule has 0 saturated heterocycles. The van der Waals surface area contributed by atoms with Crippen LogP contribution in [0.1, 0.15) is 48.9 Å². The molecule has 7 rings (SSSR count). The molecule has 0 aromatic heterocycles. The minimum Gasteiger partial charge on any atom is -0.0622 e. The predicted octanol–water partition coefficient (Wildman–Crippen LogP) is 10.3. The van der Waals surface area contributed by atoms with E-state index < -0.39 is 0 Å². The Kier molecular flexibility index (Phi) is 5.44. The monoisotopic (exact) mass is 488 g/mol. The lowest BCUT2D eigenvalue weighted by atomic mass is 9.79. The lowest BCUT2D eigenvalue weighted by Gasteiger charge is -2.24. The maximum atomic E-state index is 2.46. The van der Waals surface area contributed by atoms with Crippen molar-refractivity contribution in [3.63, 3.8) is 0 Å². The first kappa shape index (κ1) is 23.0. The van der Waals surface area contributed by atoms with E-state index in [0.717, 1.165) is 6.42 Å². The number of rotatable bonds is 4. The fraction of sp³-hybridized carbons (Fsp3) is 0.158. The Labute approximate surface area is 226 Å². The van der Waals surface area contributed by atoms with Crippen molar-refractivity contribution in [2.24, 2.45) is 5.92 Å². The van der Waals surface area contributed by atoms with Crippen LogP contribution in [0.25, 0.3) is 44.7 Å². The molecule has 0 aliphatic heterocycles. The number of benzene rings is 5. The summed E-state index contributed by atoms with van der Waals surface area (Å²) in [7, 11) is 0. The molecule has 0 heteroatoms. The van der Waals surface area contributed by atoms with Gasteiger partial charge in [-0.3, -0.25) is 0 Å². The van der Waals surface area contributed by atoms with Crippen molar-refractivity contribution in [2.45, 2.75) is 33.1 Å². The summed E-state index contributed by atoms with van der Waals surface area (Å²) in [4.78, 5) is 0. The Balaban J connectivity index is 1.45. The predicted molar refractivity (Wildman–Crippen MR) is 163 cm³/mol. The van der Waals surface area contributed by atoms with Crippen LogP contribution in [0.2, 0.25) is 0 Å². The van der Waals surface area contributed by atoms with Gasteiger partial charge in [0.1, 0.15) is 0 Å². The van der Waals surface area contributed by atoms with Gasteiger partial charge in [0.2, 0.25) is 0 Å². The second kappa shape index (κ2) is 8.99. The van der Waals surface area contributed by atoms with Gasteiger partial charge in [-0.05, 0) is 80.1 Å². The summed E-state index contributed by atoms with van der Waals surface area (Å²) in [5.41, 5.74) is 15.6. The molecule has 1 unspecified atom stereocenters. The van der Waals surface area contributed by atoms with E-state index in [2.05, 4.69) is 136 Å². The number of allylic oxidation sites excluding steroid dienone is 3. The van der Waals surface area contributed by atoms with Gasteiger partial charge < -0.3 is 0 Å². The van der Waals surface area contributed by atoms with Crippen LogP contribution in [0, 0.1) is 5.92 Å². The fourth-order valence-corrected chi connectivity index (χ4v) is 6.86. The van der Waals surface area contributed by atoms with Crippen LogP contribution in [-0.4, -0.2) is 0 Å². The first-order chi connectivity index (χ1) is 18.6. The zero-order valence-electron chi connectivity index (χ0n) is 22.3. The molecule has 0 fully saturated rings. The Morgan fingerprint density at radius 1 is 0.658 bits per heavy atom. The molecule has 0 radical (unpaired) electrons. The van der Waals surface area contributed by atoms with Crippen molar-refractivity contribution in [1.82, 2.24) is 0 Å². The van der Waals surface area contributed by atoms with Crippen molar-refractivity contribution in [1.29, 1.82) is 0 Å². The SMILES string of the molecule is CC1=Cc2c(-c3cccc4ccccc34)cccc2C1C1=C(C(C)C)Cc2cccc(-c3ccccc3)c21. The van der Waals surface area contributed by atoms with E-state index in [1.165, 1.54) is 66.4 Å².